The predicted octanol–water partition coefficient (Wildman–Crippen LogP) is 3.87. The van der Waals surface area contributed by atoms with E-state index < -0.39 is 0 Å². The van der Waals surface area contributed by atoms with E-state index in [0.29, 0.717) is 6.04 Å². The molecule has 0 saturated heterocycles. The maximum atomic E-state index is 9.36. The first-order valence-corrected chi connectivity index (χ1v) is 7.02. The fourth-order valence-corrected chi connectivity index (χ4v) is 2.74. The lowest BCUT2D eigenvalue weighted by atomic mass is 10.0. The fraction of sp³-hybridized carbons (Fsp3) is 0.562. The van der Waals surface area contributed by atoms with Gasteiger partial charge in [0.1, 0.15) is 6.04 Å². The molecule has 0 aliphatic heterocycles. The van der Waals surface area contributed by atoms with Crippen LogP contribution in [0.15, 0.2) is 24.3 Å². The van der Waals surface area contributed by atoms with Gasteiger partial charge in [0.25, 0.3) is 0 Å². The van der Waals surface area contributed by atoms with E-state index in [9.17, 15) is 5.26 Å². The molecule has 1 aliphatic carbocycles. The molecule has 96 valence electrons. The van der Waals surface area contributed by atoms with Crippen molar-refractivity contribution in [2.45, 2.75) is 57.5 Å². The predicted molar refractivity (Wildman–Crippen MR) is 74.2 cm³/mol. The van der Waals surface area contributed by atoms with Crippen molar-refractivity contribution in [3.8, 4) is 6.07 Å². The van der Waals surface area contributed by atoms with Crippen molar-refractivity contribution in [3.05, 3.63) is 35.4 Å². The molecule has 2 nitrogen and oxygen atoms in total. The Bertz CT molecular complexity index is 411. The summed E-state index contributed by atoms with van der Waals surface area (Å²) in [5, 5.41) is 12.9. The van der Waals surface area contributed by atoms with Gasteiger partial charge in [-0.2, -0.15) is 5.26 Å². The third-order valence-corrected chi connectivity index (χ3v) is 3.76. The number of benzene rings is 1. The van der Waals surface area contributed by atoms with E-state index in [0.717, 1.165) is 5.56 Å². The monoisotopic (exact) mass is 242 g/mol. The first-order chi connectivity index (χ1) is 8.79. The second-order valence-electron chi connectivity index (χ2n) is 5.33. The van der Waals surface area contributed by atoms with Crippen LogP contribution in [0.5, 0.6) is 0 Å². The molecule has 0 radical (unpaired) electrons. The molecule has 18 heavy (non-hydrogen) atoms. The number of rotatable bonds is 3. The first kappa shape index (κ1) is 13.1. The standard InChI is InChI=1S/C16H22N2/c1-13-7-6-8-14(11-13)16(12-17)18-15-9-4-2-3-5-10-15/h6-8,11,15-16,18H,2-5,9-10H2,1H3. The second-order valence-corrected chi connectivity index (χ2v) is 5.33. The summed E-state index contributed by atoms with van der Waals surface area (Å²) in [5.41, 5.74) is 2.32. The van der Waals surface area contributed by atoms with Crippen LogP contribution in [0.4, 0.5) is 0 Å². The van der Waals surface area contributed by atoms with Crippen molar-refractivity contribution in [2.75, 3.05) is 0 Å². The summed E-state index contributed by atoms with van der Waals surface area (Å²) in [7, 11) is 0. The molecule has 1 unspecified atom stereocenters. The maximum Gasteiger partial charge on any atom is 0.121 e. The number of hydrogen-bond donors (Lipinski definition) is 1. The molecule has 0 spiro atoms. The highest BCUT2D eigenvalue weighted by molar-refractivity contribution is 5.28. The average Bonchev–Trinajstić information content (AvgIpc) is 2.64. The lowest BCUT2D eigenvalue weighted by Gasteiger charge is -2.20. The van der Waals surface area contributed by atoms with Crippen LogP contribution in [0, 0.1) is 18.3 Å². The van der Waals surface area contributed by atoms with Crippen LogP contribution < -0.4 is 5.32 Å². The van der Waals surface area contributed by atoms with Crippen molar-refractivity contribution in [1.29, 1.82) is 5.26 Å². The van der Waals surface area contributed by atoms with Crippen LogP contribution in [0.2, 0.25) is 0 Å². The Morgan fingerprint density at radius 1 is 1.22 bits per heavy atom. The SMILES string of the molecule is Cc1cccc(C(C#N)NC2CCCCCC2)c1. The normalized spacial score (nSPS) is 18.9. The van der Waals surface area contributed by atoms with Gasteiger partial charge in [-0.1, -0.05) is 55.5 Å². The topological polar surface area (TPSA) is 35.8 Å². The van der Waals surface area contributed by atoms with E-state index in [4.69, 9.17) is 0 Å². The van der Waals surface area contributed by atoms with Crippen LogP contribution in [0.3, 0.4) is 0 Å². The van der Waals surface area contributed by atoms with Crippen molar-refractivity contribution >= 4 is 0 Å². The van der Waals surface area contributed by atoms with Crippen LogP contribution in [0.1, 0.15) is 55.7 Å². The summed E-state index contributed by atoms with van der Waals surface area (Å²) in [5.74, 6) is 0. The van der Waals surface area contributed by atoms with Gasteiger partial charge in [0.05, 0.1) is 6.07 Å². The zero-order valence-corrected chi connectivity index (χ0v) is 11.2. The Morgan fingerprint density at radius 3 is 2.56 bits per heavy atom. The third-order valence-electron chi connectivity index (χ3n) is 3.76. The van der Waals surface area contributed by atoms with E-state index >= 15 is 0 Å². The highest BCUT2D eigenvalue weighted by Gasteiger charge is 2.17. The Kier molecular flexibility index (Phi) is 4.78. The van der Waals surface area contributed by atoms with Crippen molar-refractivity contribution < 1.29 is 0 Å². The number of hydrogen-bond acceptors (Lipinski definition) is 2. The number of nitrogens with zero attached hydrogens (tertiary/aromatic N) is 1. The fourth-order valence-electron chi connectivity index (χ4n) is 2.74. The number of nitrogens with one attached hydrogen (secondary N) is 1. The largest absolute Gasteiger partial charge is 0.295 e. The number of aryl methyl sites for hydroxylation is 1. The van der Waals surface area contributed by atoms with E-state index in [2.05, 4.69) is 30.4 Å². The van der Waals surface area contributed by atoms with Gasteiger partial charge in [-0.25, -0.2) is 0 Å². The Labute approximate surface area is 110 Å². The quantitative estimate of drug-likeness (QED) is 0.817. The Hall–Kier alpha value is -1.33. The van der Waals surface area contributed by atoms with Gasteiger partial charge in [-0.3, -0.25) is 5.32 Å². The molecule has 1 aliphatic rings. The van der Waals surface area contributed by atoms with Gasteiger partial charge in [0.15, 0.2) is 0 Å². The van der Waals surface area contributed by atoms with Gasteiger partial charge in [0, 0.05) is 6.04 Å². The third kappa shape index (κ3) is 3.58. The summed E-state index contributed by atoms with van der Waals surface area (Å²) in [6.45, 7) is 2.07. The minimum Gasteiger partial charge on any atom is -0.295 e. The molecule has 2 heteroatoms. The highest BCUT2D eigenvalue weighted by atomic mass is 14.9. The maximum absolute atomic E-state index is 9.36. The highest BCUT2D eigenvalue weighted by Crippen LogP contribution is 2.21. The van der Waals surface area contributed by atoms with Crippen LogP contribution >= 0.6 is 0 Å². The minimum atomic E-state index is -0.159. The Balaban J connectivity index is 2.02. The summed E-state index contributed by atoms with van der Waals surface area (Å²) in [6.07, 6.45) is 7.71. The van der Waals surface area contributed by atoms with Crippen molar-refractivity contribution in [3.63, 3.8) is 0 Å². The van der Waals surface area contributed by atoms with Gasteiger partial charge in [-0.15, -0.1) is 0 Å². The zero-order chi connectivity index (χ0) is 12.8. The smallest absolute Gasteiger partial charge is 0.121 e. The molecule has 1 aromatic rings. The summed E-state index contributed by atoms with van der Waals surface area (Å²) in [6, 6.07) is 11.0. The first-order valence-electron chi connectivity index (χ1n) is 7.02. The molecule has 1 aromatic carbocycles. The minimum absolute atomic E-state index is 0.159. The van der Waals surface area contributed by atoms with E-state index in [1.807, 2.05) is 12.1 Å². The molecule has 0 amide bonds. The van der Waals surface area contributed by atoms with Gasteiger partial charge in [-0.05, 0) is 25.3 Å². The molecule has 1 N–H and O–H groups in total. The van der Waals surface area contributed by atoms with E-state index in [-0.39, 0.29) is 6.04 Å². The second kappa shape index (κ2) is 6.56. The lowest BCUT2D eigenvalue weighted by Crippen LogP contribution is -2.31. The van der Waals surface area contributed by atoms with Crippen molar-refractivity contribution in [2.24, 2.45) is 0 Å². The van der Waals surface area contributed by atoms with E-state index in [1.54, 1.807) is 0 Å². The molecule has 1 saturated carbocycles. The van der Waals surface area contributed by atoms with Crippen molar-refractivity contribution in [1.82, 2.24) is 5.32 Å². The van der Waals surface area contributed by atoms with Gasteiger partial charge < -0.3 is 0 Å². The molecule has 0 heterocycles. The van der Waals surface area contributed by atoms with Crippen LogP contribution in [0.25, 0.3) is 0 Å². The molecule has 1 fully saturated rings. The summed E-state index contributed by atoms with van der Waals surface area (Å²) in [4.78, 5) is 0. The lowest BCUT2D eigenvalue weighted by molar-refractivity contribution is 0.436. The molecule has 1 atom stereocenters. The summed E-state index contributed by atoms with van der Waals surface area (Å²) >= 11 is 0. The van der Waals surface area contributed by atoms with E-state index in [1.165, 1.54) is 44.1 Å². The summed E-state index contributed by atoms with van der Waals surface area (Å²) < 4.78 is 0. The number of nitriles is 1. The Morgan fingerprint density at radius 2 is 1.94 bits per heavy atom. The van der Waals surface area contributed by atoms with Crippen LogP contribution in [-0.2, 0) is 0 Å². The average molecular weight is 242 g/mol. The molecule has 0 aromatic heterocycles. The van der Waals surface area contributed by atoms with Crippen LogP contribution in [-0.4, -0.2) is 6.04 Å². The molecular formula is C16H22N2. The zero-order valence-electron chi connectivity index (χ0n) is 11.2. The molecule has 0 bridgehead atoms. The van der Waals surface area contributed by atoms with Gasteiger partial charge in [0.2, 0.25) is 0 Å². The molecule has 2 rings (SSSR count). The molecular weight excluding hydrogens is 220 g/mol. The van der Waals surface area contributed by atoms with Gasteiger partial charge >= 0.3 is 0 Å².